The Balaban J connectivity index is 0.000000755. The molecular formula is C78H100O14. The average Bonchev–Trinajstić information content (AvgIpc) is 0.866. The fourth-order valence-corrected chi connectivity index (χ4v) is 11.3. The van der Waals surface area contributed by atoms with Gasteiger partial charge in [0.05, 0.1) is 79.3 Å². The smallest absolute Gasteiger partial charge is 0.123 e. The fourth-order valence-electron chi connectivity index (χ4n) is 11.3. The van der Waals surface area contributed by atoms with Crippen molar-refractivity contribution >= 4 is 0 Å². The van der Waals surface area contributed by atoms with Crippen LogP contribution in [0, 0.1) is 27.7 Å². The van der Waals surface area contributed by atoms with Crippen LogP contribution in [0.5, 0.6) is 69.0 Å². The van der Waals surface area contributed by atoms with Crippen molar-refractivity contribution in [2.45, 2.75) is 149 Å². The Morgan fingerprint density at radius 1 is 0.196 bits per heavy atom. The van der Waals surface area contributed by atoms with Crippen LogP contribution in [-0.2, 0) is 38.5 Å². The summed E-state index contributed by atoms with van der Waals surface area (Å²) in [6, 6.07) is 33.2. The molecule has 0 fully saturated rings. The first-order chi connectivity index (χ1) is 44.7. The first-order valence-corrected chi connectivity index (χ1v) is 33.2. The number of aryl methyl sites for hydroxylation is 4. The zero-order chi connectivity index (χ0) is 66.1. The number of hydrogen-bond acceptors (Lipinski definition) is 14. The molecule has 2 heterocycles. The highest BCUT2D eigenvalue weighted by Crippen LogP contribution is 2.44. The molecule has 16 aliphatic carbocycles. The Labute approximate surface area is 547 Å². The van der Waals surface area contributed by atoms with Crippen molar-refractivity contribution in [3.8, 4) is 69.0 Å². The second kappa shape index (κ2) is 35.9. The van der Waals surface area contributed by atoms with Gasteiger partial charge in [0, 0.05) is 105 Å². The van der Waals surface area contributed by atoms with E-state index in [1.54, 1.807) is 0 Å². The summed E-state index contributed by atoms with van der Waals surface area (Å²) in [6.07, 6.45) is 2.99. The van der Waals surface area contributed by atoms with E-state index < -0.39 is 0 Å². The summed E-state index contributed by atoms with van der Waals surface area (Å²) in [4.78, 5) is 0. The van der Waals surface area contributed by atoms with Gasteiger partial charge in [-0.05, 0) is 208 Å². The third-order valence-corrected chi connectivity index (χ3v) is 15.1. The van der Waals surface area contributed by atoms with Crippen LogP contribution in [0.15, 0.2) is 106 Å². The topological polar surface area (TPSA) is 137 Å². The van der Waals surface area contributed by atoms with Gasteiger partial charge in [0.2, 0.25) is 0 Å². The van der Waals surface area contributed by atoms with Crippen LogP contribution >= 0.6 is 0 Å². The molecule has 2 aromatic heterocycles. The van der Waals surface area contributed by atoms with Crippen LogP contribution in [0.1, 0.15) is 173 Å². The highest BCUT2D eigenvalue weighted by atomic mass is 16.5. The summed E-state index contributed by atoms with van der Waals surface area (Å²) >= 11 is 0. The number of benzene rings is 6. The molecule has 92 heavy (non-hydrogen) atoms. The van der Waals surface area contributed by atoms with Gasteiger partial charge < -0.3 is 65.7 Å². The molecule has 0 saturated carbocycles. The van der Waals surface area contributed by atoms with E-state index in [9.17, 15) is 0 Å². The van der Waals surface area contributed by atoms with Crippen LogP contribution in [0.3, 0.4) is 0 Å². The van der Waals surface area contributed by atoms with Crippen molar-refractivity contribution in [3.05, 3.63) is 187 Å². The third kappa shape index (κ3) is 19.3. The molecule has 0 unspecified atom stereocenters. The van der Waals surface area contributed by atoms with Crippen molar-refractivity contribution in [1.82, 2.24) is 0 Å². The molecule has 8 aromatic rings. The molecule has 0 saturated heterocycles. The molecule has 0 spiro atoms. The van der Waals surface area contributed by atoms with Gasteiger partial charge in [-0.25, -0.2) is 0 Å². The summed E-state index contributed by atoms with van der Waals surface area (Å²) in [5.74, 6) is 13.1. The van der Waals surface area contributed by atoms with Gasteiger partial charge in [0.1, 0.15) is 92.0 Å². The van der Waals surface area contributed by atoms with Gasteiger partial charge in [-0.2, -0.15) is 0 Å². The molecule has 0 aliphatic heterocycles. The van der Waals surface area contributed by atoms with Crippen LogP contribution in [0.2, 0.25) is 0 Å². The fraction of sp³-hybridized carbons (Fsp3) is 0.436. The Kier molecular flexibility index (Phi) is 27.7. The molecule has 14 nitrogen and oxygen atoms in total. The number of furan rings is 2. The molecule has 0 N–H and O–H groups in total. The van der Waals surface area contributed by atoms with E-state index in [1.807, 2.05) is 135 Å². The molecule has 14 heteroatoms. The lowest BCUT2D eigenvalue weighted by Crippen LogP contribution is -2.09. The van der Waals surface area contributed by atoms with Gasteiger partial charge in [-0.1, -0.05) is 0 Å². The van der Waals surface area contributed by atoms with Crippen LogP contribution in [0.25, 0.3) is 0 Å². The normalized spacial score (nSPS) is 11.7. The number of hydrogen-bond donors (Lipinski definition) is 0. The molecular weight excluding hydrogens is 1160 g/mol. The monoisotopic (exact) mass is 1260 g/mol. The predicted molar refractivity (Wildman–Crippen MR) is 366 cm³/mol. The Morgan fingerprint density at radius 3 is 0.359 bits per heavy atom. The maximum absolute atomic E-state index is 6.50. The number of rotatable bonds is 24. The minimum atomic E-state index is 0.476. The van der Waals surface area contributed by atoms with E-state index in [4.69, 9.17) is 65.7 Å². The SMILES string of the molecule is CCOc1cc2c(OCC)cc1Cc1cc(OCC)c(cc1OCC)Cc1cc(OCC)c(cc1OCC)Cc1cc(OCC)c(cc1OCC)Cc1cc(OCC)c(cc1OCC)Cc1cc(OCC)c(cc1OCC)C2.Cc1ccc(C)o1.Cc1ccc(C)o1. The van der Waals surface area contributed by atoms with Gasteiger partial charge in [0.15, 0.2) is 0 Å². The predicted octanol–water partition coefficient (Wildman–Crippen LogP) is 18.1. The molecule has 0 amide bonds. The van der Waals surface area contributed by atoms with Crippen LogP contribution < -0.4 is 56.8 Å². The second-order valence-electron chi connectivity index (χ2n) is 22.0. The van der Waals surface area contributed by atoms with Gasteiger partial charge >= 0.3 is 0 Å². The zero-order valence-corrected chi connectivity index (χ0v) is 57.7. The molecule has 16 aliphatic rings. The minimum Gasteiger partial charge on any atom is -0.494 e. The standard InChI is InChI=1S/C66H84O12.2C6H8O/c1-13-67-55-31-44-26-46-34-60(72-18-6)48(36-59(46)71-17-5)28-50-38-64(76-22-10)52(40-63(50)75-21-9)30-54-42-65(77-23-11)53(41-66(54)78-24-12)29-51-39-61(73-19-7)49(37-62(51)74-20-8)27-47-35-57(69-15-3)45(33-58(47)70-16-4)25-43(55)32-56(44)68-14-2;2*1-5-3-4-6(2)7-5/h31-42H,13-30H2,1-12H3;2*3-4H,1-2H3. The first-order valence-electron chi connectivity index (χ1n) is 33.2. The van der Waals surface area contributed by atoms with Crippen molar-refractivity contribution < 1.29 is 65.7 Å². The summed E-state index contributed by atoms with van der Waals surface area (Å²) in [7, 11) is 0. The quantitative estimate of drug-likeness (QED) is 0.0567. The zero-order valence-electron chi connectivity index (χ0n) is 57.7. The van der Waals surface area contributed by atoms with Crippen molar-refractivity contribution in [1.29, 1.82) is 0 Å². The average molecular weight is 1260 g/mol. The lowest BCUT2D eigenvalue weighted by atomic mass is 9.92. The van der Waals surface area contributed by atoms with Crippen molar-refractivity contribution in [3.63, 3.8) is 0 Å². The van der Waals surface area contributed by atoms with E-state index in [2.05, 4.69) is 72.8 Å². The highest BCUT2D eigenvalue weighted by Gasteiger charge is 2.25. The summed E-state index contributed by atoms with van der Waals surface area (Å²) in [5, 5.41) is 0. The van der Waals surface area contributed by atoms with E-state index in [0.717, 1.165) is 159 Å². The molecule has 0 atom stereocenters. The Morgan fingerprint density at radius 2 is 0.293 bits per heavy atom. The third-order valence-electron chi connectivity index (χ3n) is 15.1. The molecule has 0 radical (unpaired) electrons. The van der Waals surface area contributed by atoms with Gasteiger partial charge in [-0.15, -0.1) is 0 Å². The van der Waals surface area contributed by atoms with Crippen molar-refractivity contribution in [2.75, 3.05) is 79.3 Å². The van der Waals surface area contributed by atoms with Crippen LogP contribution in [0.4, 0.5) is 0 Å². The summed E-state index contributed by atoms with van der Waals surface area (Å²) in [5.41, 5.74) is 11.5. The lowest BCUT2D eigenvalue weighted by Gasteiger charge is -2.23. The molecule has 12 bridgehead atoms. The molecule has 6 aromatic carbocycles. The largest absolute Gasteiger partial charge is 0.494 e. The Hall–Kier alpha value is -8.52. The minimum absolute atomic E-state index is 0.476. The van der Waals surface area contributed by atoms with Gasteiger partial charge in [0.25, 0.3) is 0 Å². The van der Waals surface area contributed by atoms with E-state index in [0.29, 0.717) is 118 Å². The molecule has 24 rings (SSSR count). The van der Waals surface area contributed by atoms with E-state index in [-0.39, 0.29) is 0 Å². The highest BCUT2D eigenvalue weighted by molar-refractivity contribution is 5.60. The van der Waals surface area contributed by atoms with Crippen LogP contribution in [-0.4, -0.2) is 79.3 Å². The van der Waals surface area contributed by atoms with E-state index in [1.165, 1.54) is 0 Å². The lowest BCUT2D eigenvalue weighted by molar-refractivity contribution is 0.319. The van der Waals surface area contributed by atoms with Crippen molar-refractivity contribution in [2.24, 2.45) is 0 Å². The van der Waals surface area contributed by atoms with E-state index >= 15 is 0 Å². The maximum atomic E-state index is 6.50. The summed E-state index contributed by atoms with van der Waals surface area (Å²) < 4.78 is 88.2. The molecule has 496 valence electrons. The van der Waals surface area contributed by atoms with Gasteiger partial charge in [-0.3, -0.25) is 0 Å². The second-order valence-corrected chi connectivity index (χ2v) is 22.0. The Bertz CT molecular complexity index is 2840. The number of ether oxygens (including phenoxy) is 12. The first kappa shape index (κ1) is 70.9. The maximum Gasteiger partial charge on any atom is 0.123 e. The summed E-state index contributed by atoms with van der Waals surface area (Å²) in [6.45, 7) is 37.6.